The molecule has 1 fully saturated rings. The summed E-state index contributed by atoms with van der Waals surface area (Å²) in [6.07, 6.45) is 8.04. The lowest BCUT2D eigenvalue weighted by atomic mass is 10.1. The Bertz CT molecular complexity index is 663. The maximum Gasteiger partial charge on any atom is 0.212 e. The first kappa shape index (κ1) is 20.0. The highest BCUT2D eigenvalue weighted by atomic mass is 32.2. The lowest BCUT2D eigenvalue weighted by Crippen LogP contribution is -2.29. The van der Waals surface area contributed by atoms with Crippen molar-refractivity contribution in [3.63, 3.8) is 0 Å². The molecule has 0 spiro atoms. The molecule has 1 saturated carbocycles. The van der Waals surface area contributed by atoms with E-state index in [1.807, 2.05) is 37.3 Å². The lowest BCUT2D eigenvalue weighted by molar-refractivity contribution is 0.299. The molecule has 1 N–H and O–H groups in total. The first-order valence-electron chi connectivity index (χ1n) is 9.23. The molecule has 1 aliphatic rings. The highest BCUT2D eigenvalue weighted by Crippen LogP contribution is 2.30. The van der Waals surface area contributed by atoms with E-state index in [4.69, 9.17) is 4.74 Å². The fraction of sp³-hybridized carbons (Fsp3) is 0.600. The first-order valence-corrected chi connectivity index (χ1v) is 10.9. The number of nitrogens with one attached hydrogen (secondary N) is 1. The minimum absolute atomic E-state index is 0.115. The average molecular weight is 366 g/mol. The van der Waals surface area contributed by atoms with Gasteiger partial charge in [0, 0.05) is 6.04 Å². The van der Waals surface area contributed by atoms with Crippen molar-refractivity contribution in [1.82, 2.24) is 4.72 Å². The van der Waals surface area contributed by atoms with Gasteiger partial charge in [0.1, 0.15) is 5.75 Å². The third-order valence-corrected chi connectivity index (χ3v) is 5.71. The molecule has 0 heterocycles. The summed E-state index contributed by atoms with van der Waals surface area (Å²) < 4.78 is 33.0. The summed E-state index contributed by atoms with van der Waals surface area (Å²) in [6.45, 7) is 6.91. The van der Waals surface area contributed by atoms with E-state index in [-0.39, 0.29) is 11.8 Å². The van der Waals surface area contributed by atoms with Gasteiger partial charge in [-0.05, 0) is 62.1 Å². The van der Waals surface area contributed by atoms with Gasteiger partial charge in [-0.1, -0.05) is 38.1 Å². The topological polar surface area (TPSA) is 55.4 Å². The predicted molar refractivity (Wildman–Crippen MR) is 103 cm³/mol. The molecule has 0 amide bonds. The van der Waals surface area contributed by atoms with Gasteiger partial charge in [-0.2, -0.15) is 0 Å². The second-order valence-electron chi connectivity index (χ2n) is 7.37. The zero-order chi connectivity index (χ0) is 18.3. The molecule has 2 rings (SSSR count). The van der Waals surface area contributed by atoms with E-state index in [0.717, 1.165) is 24.3 Å². The van der Waals surface area contributed by atoms with E-state index in [9.17, 15) is 8.42 Å². The van der Waals surface area contributed by atoms with Gasteiger partial charge in [-0.3, -0.25) is 0 Å². The van der Waals surface area contributed by atoms with Crippen LogP contribution in [0.1, 0.15) is 58.1 Å². The van der Waals surface area contributed by atoms with Gasteiger partial charge in [-0.15, -0.1) is 0 Å². The van der Waals surface area contributed by atoms with Crippen LogP contribution in [0.2, 0.25) is 0 Å². The standard InChI is InChI=1S/C20H31NO3S/c1-16(2)8-5-4-6-13-25(22,23)21-17(3)19-9-7-10-20(14-19)24-15-18-11-12-18/h4-5,7,9-10,14,16-18,21H,6,8,11-13,15H2,1-3H3/b5-4+/t17-/m1/s1. The largest absolute Gasteiger partial charge is 0.493 e. The summed E-state index contributed by atoms with van der Waals surface area (Å²) in [7, 11) is -3.30. The molecule has 1 aromatic rings. The summed E-state index contributed by atoms with van der Waals surface area (Å²) in [6, 6.07) is 7.43. The maximum atomic E-state index is 12.2. The van der Waals surface area contributed by atoms with Crippen LogP contribution < -0.4 is 9.46 Å². The van der Waals surface area contributed by atoms with E-state index in [0.29, 0.717) is 18.3 Å². The fourth-order valence-electron chi connectivity index (χ4n) is 2.48. The third kappa shape index (κ3) is 8.06. The van der Waals surface area contributed by atoms with Gasteiger partial charge < -0.3 is 4.74 Å². The molecule has 1 aliphatic carbocycles. The number of sulfonamides is 1. The van der Waals surface area contributed by atoms with Crippen molar-refractivity contribution in [3.8, 4) is 5.75 Å². The molecule has 0 aromatic heterocycles. The Labute approximate surface area is 152 Å². The number of rotatable bonds is 11. The highest BCUT2D eigenvalue weighted by Gasteiger charge is 2.22. The van der Waals surface area contributed by atoms with E-state index < -0.39 is 10.0 Å². The monoisotopic (exact) mass is 365 g/mol. The SMILES string of the molecule is CC(C)C/C=C/CCS(=O)(=O)N[C@H](C)c1cccc(OCC2CC2)c1. The predicted octanol–water partition coefficient (Wildman–Crippen LogP) is 4.45. The highest BCUT2D eigenvalue weighted by molar-refractivity contribution is 7.89. The minimum atomic E-state index is -3.30. The van der Waals surface area contributed by atoms with Crippen LogP contribution in [0.25, 0.3) is 0 Å². The van der Waals surface area contributed by atoms with E-state index >= 15 is 0 Å². The maximum absolute atomic E-state index is 12.2. The van der Waals surface area contributed by atoms with Crippen LogP contribution in [0.3, 0.4) is 0 Å². The molecular formula is C20H31NO3S. The van der Waals surface area contributed by atoms with E-state index in [1.165, 1.54) is 12.8 Å². The number of hydrogen-bond acceptors (Lipinski definition) is 3. The van der Waals surface area contributed by atoms with Crippen molar-refractivity contribution in [2.75, 3.05) is 12.4 Å². The number of allylic oxidation sites excluding steroid dienone is 2. The van der Waals surface area contributed by atoms with Crippen LogP contribution in [0.5, 0.6) is 5.75 Å². The molecule has 5 heteroatoms. The second kappa shape index (κ2) is 9.39. The van der Waals surface area contributed by atoms with E-state index in [2.05, 4.69) is 24.6 Å². The Hall–Kier alpha value is -1.33. The van der Waals surface area contributed by atoms with Crippen molar-refractivity contribution in [2.45, 2.75) is 52.5 Å². The van der Waals surface area contributed by atoms with Crippen LogP contribution in [0.4, 0.5) is 0 Å². The van der Waals surface area contributed by atoms with Gasteiger partial charge >= 0.3 is 0 Å². The zero-order valence-corrected chi connectivity index (χ0v) is 16.4. The van der Waals surface area contributed by atoms with Crippen LogP contribution in [0.15, 0.2) is 36.4 Å². The third-order valence-electron chi connectivity index (χ3n) is 4.22. The summed E-state index contributed by atoms with van der Waals surface area (Å²) in [5.41, 5.74) is 0.923. The summed E-state index contributed by atoms with van der Waals surface area (Å²) in [5, 5.41) is 0. The molecule has 1 aromatic carbocycles. The summed E-state index contributed by atoms with van der Waals surface area (Å²) in [4.78, 5) is 0. The minimum Gasteiger partial charge on any atom is -0.493 e. The Kier molecular flexibility index (Phi) is 7.51. The van der Waals surface area contributed by atoms with Gasteiger partial charge in [0.2, 0.25) is 10.0 Å². The molecule has 4 nitrogen and oxygen atoms in total. The quantitative estimate of drug-likeness (QED) is 0.590. The first-order chi connectivity index (χ1) is 11.9. The number of ether oxygens (including phenoxy) is 1. The Morgan fingerprint density at radius 1 is 1.24 bits per heavy atom. The van der Waals surface area contributed by atoms with Crippen LogP contribution in [-0.4, -0.2) is 20.8 Å². The molecule has 0 saturated heterocycles. The van der Waals surface area contributed by atoms with Crippen LogP contribution in [0, 0.1) is 11.8 Å². The summed E-state index contributed by atoms with van der Waals surface area (Å²) in [5.74, 6) is 2.22. The Morgan fingerprint density at radius 3 is 2.68 bits per heavy atom. The lowest BCUT2D eigenvalue weighted by Gasteiger charge is -2.15. The molecule has 0 unspecified atom stereocenters. The molecule has 140 valence electrons. The number of hydrogen-bond donors (Lipinski definition) is 1. The van der Waals surface area contributed by atoms with Gasteiger partial charge in [0.05, 0.1) is 12.4 Å². The zero-order valence-electron chi connectivity index (χ0n) is 15.6. The molecule has 1 atom stereocenters. The van der Waals surface area contributed by atoms with Gasteiger partial charge in [0.15, 0.2) is 0 Å². The summed E-state index contributed by atoms with van der Waals surface area (Å²) >= 11 is 0. The van der Waals surface area contributed by atoms with Crippen molar-refractivity contribution in [1.29, 1.82) is 0 Å². The average Bonchev–Trinajstić information content (AvgIpc) is 3.36. The fourth-order valence-corrected chi connectivity index (χ4v) is 3.72. The van der Waals surface area contributed by atoms with Crippen molar-refractivity contribution >= 4 is 10.0 Å². The normalized spacial score (nSPS) is 16.5. The van der Waals surface area contributed by atoms with Crippen molar-refractivity contribution in [3.05, 3.63) is 42.0 Å². The van der Waals surface area contributed by atoms with Gasteiger partial charge in [-0.25, -0.2) is 13.1 Å². The number of benzene rings is 1. The molecular weight excluding hydrogens is 334 g/mol. The van der Waals surface area contributed by atoms with Crippen molar-refractivity contribution < 1.29 is 13.2 Å². The van der Waals surface area contributed by atoms with Gasteiger partial charge in [0.25, 0.3) is 0 Å². The van der Waals surface area contributed by atoms with Crippen LogP contribution in [-0.2, 0) is 10.0 Å². The Morgan fingerprint density at radius 2 is 2.00 bits per heavy atom. The molecule has 0 aliphatic heterocycles. The molecule has 25 heavy (non-hydrogen) atoms. The van der Waals surface area contributed by atoms with Crippen LogP contribution >= 0.6 is 0 Å². The smallest absolute Gasteiger partial charge is 0.212 e. The molecule has 0 radical (unpaired) electrons. The second-order valence-corrected chi connectivity index (χ2v) is 9.25. The van der Waals surface area contributed by atoms with Crippen molar-refractivity contribution in [2.24, 2.45) is 11.8 Å². The Balaban J connectivity index is 1.83. The molecule has 0 bridgehead atoms. The van der Waals surface area contributed by atoms with E-state index in [1.54, 1.807) is 0 Å².